The number of amides is 2. The van der Waals surface area contributed by atoms with Crippen LogP contribution in [0.25, 0.3) is 17.1 Å². The number of nitrogens with one attached hydrogen (secondary N) is 1. The van der Waals surface area contributed by atoms with Gasteiger partial charge in [-0.1, -0.05) is 0 Å². The van der Waals surface area contributed by atoms with Gasteiger partial charge in [-0.2, -0.15) is 31.4 Å². The molecule has 9 nitrogen and oxygen atoms in total. The molecular weight excluding hydrogens is 436 g/mol. The number of H-pyrrole nitrogens is 1. The van der Waals surface area contributed by atoms with Crippen LogP contribution in [-0.4, -0.2) is 49.8 Å². The van der Waals surface area contributed by atoms with E-state index in [9.17, 15) is 35.9 Å². The average Bonchev–Trinajstić information content (AvgIpc) is 3.33. The lowest BCUT2D eigenvalue weighted by Crippen LogP contribution is -2.38. The van der Waals surface area contributed by atoms with Crippen LogP contribution in [0, 0.1) is 0 Å². The SMILES string of the molecule is CN(C(=O)C(F)(F)F)c1ccc(-n2cc(-c3cnc(C(N)=O)[nH]3)c(C(F)(F)F)n2)nc1. The maximum atomic E-state index is 13.4. The molecule has 15 heteroatoms. The van der Waals surface area contributed by atoms with Crippen molar-refractivity contribution >= 4 is 17.5 Å². The third-order valence-corrected chi connectivity index (χ3v) is 3.98. The van der Waals surface area contributed by atoms with Crippen LogP contribution in [0.1, 0.15) is 16.3 Å². The number of nitrogens with zero attached hydrogens (tertiary/aromatic N) is 5. The number of carbonyl (C=O) groups excluding carboxylic acids is 2. The molecule has 3 heterocycles. The maximum Gasteiger partial charge on any atom is 0.471 e. The third kappa shape index (κ3) is 4.34. The zero-order chi connectivity index (χ0) is 23.1. The molecule has 0 atom stereocenters. The predicted molar refractivity (Wildman–Crippen MR) is 91.9 cm³/mol. The van der Waals surface area contributed by atoms with Crippen molar-refractivity contribution in [1.82, 2.24) is 24.7 Å². The summed E-state index contributed by atoms with van der Waals surface area (Å²) in [6, 6.07) is 2.14. The summed E-state index contributed by atoms with van der Waals surface area (Å²) in [5, 5.41) is 3.44. The van der Waals surface area contributed by atoms with Crippen LogP contribution in [-0.2, 0) is 11.0 Å². The Hall–Kier alpha value is -3.91. The number of carbonyl (C=O) groups is 2. The summed E-state index contributed by atoms with van der Waals surface area (Å²) in [7, 11) is 0.870. The van der Waals surface area contributed by atoms with E-state index in [1.165, 1.54) is 0 Å². The number of primary amides is 1. The summed E-state index contributed by atoms with van der Waals surface area (Å²) in [4.78, 5) is 32.4. The molecule has 164 valence electrons. The number of alkyl halides is 6. The summed E-state index contributed by atoms with van der Waals surface area (Å²) in [6.45, 7) is 0. The second kappa shape index (κ2) is 7.41. The molecule has 0 aliphatic carbocycles. The van der Waals surface area contributed by atoms with E-state index in [0.717, 1.165) is 42.5 Å². The Morgan fingerprint density at radius 1 is 1.10 bits per heavy atom. The zero-order valence-corrected chi connectivity index (χ0v) is 15.3. The van der Waals surface area contributed by atoms with Crippen molar-refractivity contribution < 1.29 is 35.9 Å². The van der Waals surface area contributed by atoms with E-state index in [2.05, 4.69) is 20.1 Å². The monoisotopic (exact) mass is 447 g/mol. The van der Waals surface area contributed by atoms with Gasteiger partial charge < -0.3 is 15.6 Å². The first-order chi connectivity index (χ1) is 14.3. The molecule has 0 aliphatic rings. The number of halogens is 6. The number of aromatic amines is 1. The number of hydrogen-bond donors (Lipinski definition) is 2. The van der Waals surface area contributed by atoms with Gasteiger partial charge in [-0.25, -0.2) is 14.6 Å². The largest absolute Gasteiger partial charge is 0.471 e. The van der Waals surface area contributed by atoms with Gasteiger partial charge in [0.2, 0.25) is 0 Å². The highest BCUT2D eigenvalue weighted by molar-refractivity contribution is 5.96. The lowest BCUT2D eigenvalue weighted by molar-refractivity contribution is -0.170. The Kier molecular flexibility index (Phi) is 5.21. The first kappa shape index (κ1) is 21.8. The second-order valence-electron chi connectivity index (χ2n) is 6.08. The van der Waals surface area contributed by atoms with Crippen LogP contribution in [0.15, 0.2) is 30.7 Å². The zero-order valence-electron chi connectivity index (χ0n) is 15.3. The van der Waals surface area contributed by atoms with Crippen molar-refractivity contribution in [1.29, 1.82) is 0 Å². The van der Waals surface area contributed by atoms with Crippen LogP contribution >= 0.6 is 0 Å². The lowest BCUT2D eigenvalue weighted by atomic mass is 10.2. The summed E-state index contributed by atoms with van der Waals surface area (Å²) >= 11 is 0. The van der Waals surface area contributed by atoms with Gasteiger partial charge in [-0.3, -0.25) is 9.59 Å². The molecule has 0 radical (unpaired) electrons. The quantitative estimate of drug-likeness (QED) is 0.595. The number of imidazole rings is 1. The van der Waals surface area contributed by atoms with Crippen LogP contribution < -0.4 is 10.6 Å². The van der Waals surface area contributed by atoms with E-state index in [-0.39, 0.29) is 23.0 Å². The van der Waals surface area contributed by atoms with Crippen molar-refractivity contribution in [3.63, 3.8) is 0 Å². The number of aromatic nitrogens is 5. The molecule has 0 spiro atoms. The second-order valence-corrected chi connectivity index (χ2v) is 6.08. The normalized spacial score (nSPS) is 12.1. The van der Waals surface area contributed by atoms with Gasteiger partial charge in [0.25, 0.3) is 5.91 Å². The standard InChI is InChI=1S/C16H11F6N7O2/c1-28(14(31)16(20,21)22)7-2-3-10(24-4-7)29-6-8(11(27-29)15(17,18)19)9-5-25-13(26-9)12(23)30/h2-6H,1H3,(H2,23,30)(H,25,26). The Bertz CT molecular complexity index is 1130. The van der Waals surface area contributed by atoms with Crippen molar-refractivity contribution in [2.45, 2.75) is 12.4 Å². The van der Waals surface area contributed by atoms with Gasteiger partial charge >= 0.3 is 18.3 Å². The van der Waals surface area contributed by atoms with E-state index < -0.39 is 35.4 Å². The van der Waals surface area contributed by atoms with E-state index >= 15 is 0 Å². The molecule has 0 saturated carbocycles. The summed E-state index contributed by atoms with van der Waals surface area (Å²) in [5.74, 6) is -3.67. The molecule has 0 unspecified atom stereocenters. The van der Waals surface area contributed by atoms with Crippen LogP contribution in [0.4, 0.5) is 32.0 Å². The van der Waals surface area contributed by atoms with E-state index in [1.807, 2.05) is 0 Å². The fourth-order valence-electron chi connectivity index (χ4n) is 2.50. The number of nitrogens with two attached hydrogens (primary N) is 1. The van der Waals surface area contributed by atoms with Gasteiger partial charge in [-0.15, -0.1) is 0 Å². The third-order valence-electron chi connectivity index (χ3n) is 3.98. The minimum absolute atomic E-state index is 0.178. The van der Waals surface area contributed by atoms with Crippen molar-refractivity contribution in [3.05, 3.63) is 42.2 Å². The van der Waals surface area contributed by atoms with Gasteiger partial charge in [0.05, 0.1) is 29.3 Å². The fourth-order valence-corrected chi connectivity index (χ4v) is 2.50. The molecule has 0 fully saturated rings. The Morgan fingerprint density at radius 3 is 2.26 bits per heavy atom. The van der Waals surface area contributed by atoms with E-state index in [4.69, 9.17) is 5.73 Å². The van der Waals surface area contributed by atoms with Gasteiger partial charge in [-0.05, 0) is 12.1 Å². The van der Waals surface area contributed by atoms with Crippen molar-refractivity contribution in [2.75, 3.05) is 11.9 Å². The fraction of sp³-hybridized carbons (Fsp3) is 0.188. The molecule has 0 aromatic carbocycles. The molecule has 3 aromatic heterocycles. The average molecular weight is 447 g/mol. The molecule has 3 rings (SSSR count). The first-order valence-corrected chi connectivity index (χ1v) is 8.12. The Balaban J connectivity index is 1.99. The number of hydrogen-bond acceptors (Lipinski definition) is 5. The number of pyridine rings is 1. The van der Waals surface area contributed by atoms with Crippen LogP contribution in [0.5, 0.6) is 0 Å². The molecule has 3 N–H and O–H groups in total. The molecular formula is C16H11F6N7O2. The van der Waals surface area contributed by atoms with Gasteiger partial charge in [0.1, 0.15) is 0 Å². The number of rotatable bonds is 4. The first-order valence-electron chi connectivity index (χ1n) is 8.12. The highest BCUT2D eigenvalue weighted by atomic mass is 19.4. The smallest absolute Gasteiger partial charge is 0.363 e. The molecule has 2 amide bonds. The van der Waals surface area contributed by atoms with Crippen LogP contribution in [0.2, 0.25) is 0 Å². The topological polar surface area (TPSA) is 123 Å². The molecule has 3 aromatic rings. The highest BCUT2D eigenvalue weighted by Gasteiger charge is 2.42. The summed E-state index contributed by atoms with van der Waals surface area (Å²) in [6.07, 6.45) is -7.23. The lowest BCUT2D eigenvalue weighted by Gasteiger charge is -2.18. The summed E-state index contributed by atoms with van der Waals surface area (Å²) in [5.41, 5.74) is 2.79. The molecule has 0 aliphatic heterocycles. The molecule has 0 bridgehead atoms. The minimum Gasteiger partial charge on any atom is -0.363 e. The Labute approximate surface area is 168 Å². The maximum absolute atomic E-state index is 13.4. The van der Waals surface area contributed by atoms with Gasteiger partial charge in [0, 0.05) is 13.2 Å². The number of anilines is 1. The van der Waals surface area contributed by atoms with Crippen molar-refractivity contribution in [3.8, 4) is 17.1 Å². The molecule has 31 heavy (non-hydrogen) atoms. The van der Waals surface area contributed by atoms with Crippen LogP contribution in [0.3, 0.4) is 0 Å². The summed E-state index contributed by atoms with van der Waals surface area (Å²) < 4.78 is 78.6. The molecule has 0 saturated heterocycles. The minimum atomic E-state index is -5.11. The predicted octanol–water partition coefficient (Wildman–Crippen LogP) is 2.30. The van der Waals surface area contributed by atoms with E-state index in [1.54, 1.807) is 0 Å². The highest BCUT2D eigenvalue weighted by Crippen LogP contribution is 2.36. The van der Waals surface area contributed by atoms with Gasteiger partial charge in [0.15, 0.2) is 17.3 Å². The Morgan fingerprint density at radius 2 is 1.77 bits per heavy atom. The van der Waals surface area contributed by atoms with Crippen molar-refractivity contribution in [2.24, 2.45) is 5.73 Å². The van der Waals surface area contributed by atoms with E-state index in [0.29, 0.717) is 4.90 Å².